The summed E-state index contributed by atoms with van der Waals surface area (Å²) in [6.07, 6.45) is 5.48. The lowest BCUT2D eigenvalue weighted by Gasteiger charge is -2.37. The van der Waals surface area contributed by atoms with E-state index < -0.39 is 0 Å². The third-order valence-electron chi connectivity index (χ3n) is 9.84. The molecule has 1 aliphatic carbocycles. The molecule has 0 bridgehead atoms. The number of fused-ring (bicyclic) bond motifs is 1. The first-order valence-corrected chi connectivity index (χ1v) is 16.2. The number of methoxy groups -OCH3 is 1. The molecular formula is C36H49BN4O2. The number of hydrogen-bond acceptors (Lipinski definition) is 5. The van der Waals surface area contributed by atoms with Crippen molar-refractivity contribution in [2.24, 2.45) is 7.05 Å². The van der Waals surface area contributed by atoms with Gasteiger partial charge in [-0.2, -0.15) is 0 Å². The molecule has 43 heavy (non-hydrogen) atoms. The fourth-order valence-corrected chi connectivity index (χ4v) is 6.88. The molecule has 1 atom stereocenters. The van der Waals surface area contributed by atoms with Crippen LogP contribution in [0.25, 0.3) is 11.1 Å². The van der Waals surface area contributed by atoms with Crippen molar-refractivity contribution in [1.82, 2.24) is 19.2 Å². The summed E-state index contributed by atoms with van der Waals surface area (Å²) >= 11 is 0. The highest BCUT2D eigenvalue weighted by Gasteiger charge is 2.30. The highest BCUT2D eigenvalue weighted by Crippen LogP contribution is 2.46. The Balaban J connectivity index is 0.00000180. The highest BCUT2D eigenvalue weighted by atomic mass is 16.5. The number of aromatic nitrogens is 1. The lowest BCUT2D eigenvalue weighted by atomic mass is 9.88. The number of benzene rings is 2. The van der Waals surface area contributed by atoms with Crippen molar-refractivity contribution in [2.45, 2.75) is 78.9 Å². The van der Waals surface area contributed by atoms with Crippen LogP contribution in [0.15, 0.2) is 41.3 Å². The Hall–Kier alpha value is -2.87. The number of aryl methyl sites for hydroxylation is 1. The minimum absolute atomic E-state index is 0.0697. The molecule has 0 spiro atoms. The molecule has 2 aliphatic heterocycles. The standard InChI is InChI=1S/C34H43BN4O2.C2H6/c1-22-23(2)34(40)36(4)20-31(22)27-17-30(25-9-10-25)32(33(18-27)41-5)21-38-15-13-37(14-16-38)19-26-7-6-8-28-24(3)39(35)12-11-29(26)28;1-2/h6-8,17-18,20,24-25H,9-16,19,21H2,1-5H3;1-2H3. The second-order valence-corrected chi connectivity index (χ2v) is 12.4. The predicted molar refractivity (Wildman–Crippen MR) is 178 cm³/mol. The van der Waals surface area contributed by atoms with Gasteiger partial charge in [0.15, 0.2) is 7.98 Å². The van der Waals surface area contributed by atoms with Gasteiger partial charge in [-0.05, 0) is 91.9 Å². The molecule has 7 heteroatoms. The van der Waals surface area contributed by atoms with Gasteiger partial charge in [0.05, 0.1) is 7.11 Å². The average molecular weight is 581 g/mol. The van der Waals surface area contributed by atoms with E-state index in [0.717, 1.165) is 80.2 Å². The second kappa shape index (κ2) is 13.4. The van der Waals surface area contributed by atoms with Gasteiger partial charge in [0.2, 0.25) is 0 Å². The van der Waals surface area contributed by atoms with Gasteiger partial charge >= 0.3 is 0 Å². The molecule has 1 saturated heterocycles. The number of rotatable bonds is 7. The van der Waals surface area contributed by atoms with E-state index in [1.165, 1.54) is 40.7 Å². The molecule has 0 N–H and O–H groups in total. The predicted octanol–water partition coefficient (Wildman–Crippen LogP) is 5.90. The summed E-state index contributed by atoms with van der Waals surface area (Å²) < 4.78 is 7.74. The van der Waals surface area contributed by atoms with Crippen molar-refractivity contribution >= 4 is 7.98 Å². The molecule has 2 radical (unpaired) electrons. The number of pyridine rings is 1. The Labute approximate surface area is 260 Å². The highest BCUT2D eigenvalue weighted by molar-refractivity contribution is 6.04. The minimum atomic E-state index is 0.0697. The molecule has 228 valence electrons. The molecule has 6 rings (SSSR count). The van der Waals surface area contributed by atoms with Crippen LogP contribution < -0.4 is 10.3 Å². The van der Waals surface area contributed by atoms with Crippen LogP contribution in [0, 0.1) is 13.8 Å². The number of piperazine rings is 1. The van der Waals surface area contributed by atoms with Crippen LogP contribution in [0.3, 0.4) is 0 Å². The molecule has 2 aromatic carbocycles. The summed E-state index contributed by atoms with van der Waals surface area (Å²) in [5.41, 5.74) is 11.3. The topological polar surface area (TPSA) is 41.0 Å². The van der Waals surface area contributed by atoms with Crippen molar-refractivity contribution in [2.75, 3.05) is 39.8 Å². The maximum absolute atomic E-state index is 12.5. The molecule has 3 heterocycles. The van der Waals surface area contributed by atoms with E-state index in [1.807, 2.05) is 38.8 Å². The largest absolute Gasteiger partial charge is 0.496 e. The molecule has 3 aromatic rings. The van der Waals surface area contributed by atoms with Gasteiger partial charge in [0, 0.05) is 75.2 Å². The fourth-order valence-electron chi connectivity index (χ4n) is 6.88. The summed E-state index contributed by atoms with van der Waals surface area (Å²) in [7, 11) is 9.85. The molecule has 1 saturated carbocycles. The summed E-state index contributed by atoms with van der Waals surface area (Å²) in [5.74, 6) is 1.57. The first-order chi connectivity index (χ1) is 20.7. The molecular weight excluding hydrogens is 531 g/mol. The van der Waals surface area contributed by atoms with Crippen LogP contribution in [0.1, 0.15) is 84.5 Å². The molecule has 3 aliphatic rings. The first kappa shape index (κ1) is 31.6. The molecule has 1 unspecified atom stereocenters. The van der Waals surface area contributed by atoms with Crippen LogP contribution in [0.5, 0.6) is 5.75 Å². The summed E-state index contributed by atoms with van der Waals surface area (Å²) in [5, 5.41) is 0. The van der Waals surface area contributed by atoms with Crippen molar-refractivity contribution in [1.29, 1.82) is 0 Å². The number of ether oxygens (including phenoxy) is 1. The van der Waals surface area contributed by atoms with Crippen molar-refractivity contribution in [3.63, 3.8) is 0 Å². The van der Waals surface area contributed by atoms with Gasteiger partial charge in [-0.25, -0.2) is 0 Å². The third kappa shape index (κ3) is 6.50. The zero-order chi connectivity index (χ0) is 30.8. The Morgan fingerprint density at radius 2 is 1.60 bits per heavy atom. The SMILES string of the molecule is CC.[B]N1CCc2c(CN3CCN(Cc4c(OC)cc(-c5cn(C)c(=O)c(C)c5C)cc4C4CC4)CC3)cccc2C1C. The Morgan fingerprint density at radius 3 is 2.26 bits per heavy atom. The van der Waals surface area contributed by atoms with Crippen LogP contribution in [-0.4, -0.2) is 67.0 Å². The maximum atomic E-state index is 12.5. The minimum Gasteiger partial charge on any atom is -0.496 e. The van der Waals surface area contributed by atoms with Gasteiger partial charge in [0.25, 0.3) is 5.56 Å². The molecule has 2 fully saturated rings. The average Bonchev–Trinajstić information content (AvgIpc) is 3.88. The van der Waals surface area contributed by atoms with E-state index in [2.05, 4.69) is 54.0 Å². The maximum Gasteiger partial charge on any atom is 0.253 e. The third-order valence-corrected chi connectivity index (χ3v) is 9.84. The van der Waals surface area contributed by atoms with Crippen molar-refractivity contribution in [3.8, 4) is 16.9 Å². The van der Waals surface area contributed by atoms with Crippen molar-refractivity contribution in [3.05, 3.63) is 85.8 Å². The lowest BCUT2D eigenvalue weighted by Crippen LogP contribution is -2.45. The quantitative estimate of drug-likeness (QED) is 0.326. The molecule has 1 aromatic heterocycles. The van der Waals surface area contributed by atoms with Crippen LogP contribution >= 0.6 is 0 Å². The molecule has 6 nitrogen and oxygen atoms in total. The van der Waals surface area contributed by atoms with Gasteiger partial charge in [-0.3, -0.25) is 14.6 Å². The van der Waals surface area contributed by atoms with Crippen LogP contribution in [0.2, 0.25) is 0 Å². The van der Waals surface area contributed by atoms with Gasteiger partial charge in [-0.15, -0.1) is 0 Å². The van der Waals surface area contributed by atoms with Gasteiger partial charge < -0.3 is 14.1 Å². The number of hydrogen-bond donors (Lipinski definition) is 0. The zero-order valence-electron chi connectivity index (χ0n) is 27.4. The molecule has 0 amide bonds. The second-order valence-electron chi connectivity index (χ2n) is 12.4. The van der Waals surface area contributed by atoms with E-state index in [0.29, 0.717) is 5.92 Å². The monoisotopic (exact) mass is 580 g/mol. The summed E-state index contributed by atoms with van der Waals surface area (Å²) in [6, 6.07) is 11.6. The Kier molecular flexibility index (Phi) is 9.84. The van der Waals surface area contributed by atoms with Crippen molar-refractivity contribution < 1.29 is 4.74 Å². The van der Waals surface area contributed by atoms with E-state index in [4.69, 9.17) is 12.7 Å². The summed E-state index contributed by atoms with van der Waals surface area (Å²) in [6.45, 7) is 17.3. The Bertz CT molecular complexity index is 1500. The van der Waals surface area contributed by atoms with Crippen LogP contribution in [-0.2, 0) is 26.6 Å². The van der Waals surface area contributed by atoms with E-state index in [1.54, 1.807) is 11.7 Å². The van der Waals surface area contributed by atoms with Gasteiger partial charge in [-0.1, -0.05) is 38.1 Å². The van der Waals surface area contributed by atoms with Crippen LogP contribution in [0.4, 0.5) is 0 Å². The number of nitrogens with zero attached hydrogens (tertiary/aromatic N) is 4. The Morgan fingerprint density at radius 1 is 0.930 bits per heavy atom. The zero-order valence-corrected chi connectivity index (χ0v) is 27.4. The normalized spacial score (nSPS) is 19.5. The lowest BCUT2D eigenvalue weighted by molar-refractivity contribution is 0.120. The van der Waals surface area contributed by atoms with E-state index in [-0.39, 0.29) is 11.6 Å². The van der Waals surface area contributed by atoms with E-state index >= 15 is 0 Å². The smallest absolute Gasteiger partial charge is 0.253 e. The fraction of sp³-hybridized carbons (Fsp3) is 0.528. The van der Waals surface area contributed by atoms with Gasteiger partial charge in [0.1, 0.15) is 5.75 Å². The first-order valence-electron chi connectivity index (χ1n) is 16.2. The summed E-state index contributed by atoms with van der Waals surface area (Å²) in [4.78, 5) is 19.7. The van der Waals surface area contributed by atoms with E-state index in [9.17, 15) is 4.79 Å².